The lowest BCUT2D eigenvalue weighted by molar-refractivity contribution is 0.0734. The second-order valence-corrected chi connectivity index (χ2v) is 4.07. The van der Waals surface area contributed by atoms with E-state index < -0.39 is 5.97 Å². The molecule has 0 heterocycles. The van der Waals surface area contributed by atoms with E-state index in [-0.39, 0.29) is 5.75 Å². The average molecular weight is 254 g/mol. The molecule has 3 heteroatoms. The van der Waals surface area contributed by atoms with Crippen molar-refractivity contribution in [3.8, 4) is 11.5 Å². The summed E-state index contributed by atoms with van der Waals surface area (Å²) in [6, 6.07) is 13.2. The van der Waals surface area contributed by atoms with Gasteiger partial charge in [0.05, 0.1) is 5.56 Å². The van der Waals surface area contributed by atoms with E-state index in [0.717, 1.165) is 12.0 Å². The lowest BCUT2D eigenvalue weighted by Gasteiger charge is -2.05. The maximum atomic E-state index is 11.9. The summed E-state index contributed by atoms with van der Waals surface area (Å²) in [7, 11) is 0. The first-order chi connectivity index (χ1) is 9.19. The number of aromatic hydroxyl groups is 1. The van der Waals surface area contributed by atoms with Crippen LogP contribution in [0.3, 0.4) is 0 Å². The summed E-state index contributed by atoms with van der Waals surface area (Å²) in [4.78, 5) is 11.9. The van der Waals surface area contributed by atoms with Crippen LogP contribution in [0.25, 0.3) is 0 Å². The van der Waals surface area contributed by atoms with Crippen LogP contribution < -0.4 is 4.74 Å². The van der Waals surface area contributed by atoms with Crippen LogP contribution in [0, 0.1) is 0 Å². The molecule has 0 bridgehead atoms. The number of rotatable bonds is 4. The van der Waals surface area contributed by atoms with Gasteiger partial charge in [0.1, 0.15) is 11.5 Å². The zero-order chi connectivity index (χ0) is 13.7. The maximum Gasteiger partial charge on any atom is 0.343 e. The fraction of sp³-hybridized carbons (Fsp3) is 0.0625. The Morgan fingerprint density at radius 2 is 1.74 bits per heavy atom. The highest BCUT2D eigenvalue weighted by molar-refractivity contribution is 5.91. The third kappa shape index (κ3) is 3.45. The predicted molar refractivity (Wildman–Crippen MR) is 73.4 cm³/mol. The molecule has 0 aliphatic heterocycles. The predicted octanol–water partition coefficient (Wildman–Crippen LogP) is 3.34. The number of phenols is 1. The first kappa shape index (κ1) is 12.9. The van der Waals surface area contributed by atoms with Gasteiger partial charge in [-0.1, -0.05) is 18.2 Å². The van der Waals surface area contributed by atoms with Crippen molar-refractivity contribution in [2.75, 3.05) is 0 Å². The lowest BCUT2D eigenvalue weighted by Crippen LogP contribution is -2.08. The van der Waals surface area contributed by atoms with Crippen molar-refractivity contribution < 1.29 is 14.6 Å². The number of benzene rings is 2. The number of esters is 1. The molecule has 0 amide bonds. The number of hydrogen-bond donors (Lipinski definition) is 1. The van der Waals surface area contributed by atoms with E-state index in [0.29, 0.717) is 11.3 Å². The molecule has 0 fully saturated rings. The molecule has 0 atom stereocenters. The Labute approximate surface area is 111 Å². The fourth-order valence-electron chi connectivity index (χ4n) is 1.62. The minimum atomic E-state index is -0.421. The summed E-state index contributed by atoms with van der Waals surface area (Å²) in [5.41, 5.74) is 1.58. The molecule has 0 saturated carbocycles. The average Bonchev–Trinajstić information content (AvgIpc) is 2.42. The highest BCUT2D eigenvalue weighted by atomic mass is 16.5. The number of allylic oxidation sites excluding steroid dienone is 1. The largest absolute Gasteiger partial charge is 0.508 e. The maximum absolute atomic E-state index is 11.9. The van der Waals surface area contributed by atoms with Gasteiger partial charge in [0.15, 0.2) is 0 Å². The van der Waals surface area contributed by atoms with Crippen LogP contribution in [0.2, 0.25) is 0 Å². The van der Waals surface area contributed by atoms with Crippen molar-refractivity contribution in [3.63, 3.8) is 0 Å². The number of ether oxygens (including phenoxy) is 1. The van der Waals surface area contributed by atoms with Gasteiger partial charge in [0.25, 0.3) is 0 Å². The molecule has 2 aromatic rings. The van der Waals surface area contributed by atoms with Crippen molar-refractivity contribution in [2.45, 2.75) is 6.42 Å². The minimum Gasteiger partial charge on any atom is -0.508 e. The Hall–Kier alpha value is -2.55. The summed E-state index contributed by atoms with van der Waals surface area (Å²) in [6.07, 6.45) is 2.58. The normalized spacial score (nSPS) is 9.89. The summed E-state index contributed by atoms with van der Waals surface area (Å²) in [6.45, 7) is 3.66. The first-order valence-corrected chi connectivity index (χ1v) is 5.90. The first-order valence-electron chi connectivity index (χ1n) is 5.90. The van der Waals surface area contributed by atoms with E-state index in [1.165, 1.54) is 12.1 Å². The zero-order valence-corrected chi connectivity index (χ0v) is 10.4. The molecule has 96 valence electrons. The summed E-state index contributed by atoms with van der Waals surface area (Å²) in [5, 5.41) is 9.14. The minimum absolute atomic E-state index is 0.133. The molecule has 2 rings (SSSR count). The van der Waals surface area contributed by atoms with Crippen LogP contribution in [0.15, 0.2) is 61.2 Å². The molecule has 2 aromatic carbocycles. The van der Waals surface area contributed by atoms with E-state index in [4.69, 9.17) is 9.84 Å². The Morgan fingerprint density at radius 3 is 2.32 bits per heavy atom. The van der Waals surface area contributed by atoms with E-state index in [2.05, 4.69) is 6.58 Å². The SMILES string of the molecule is C=CCc1ccc(C(=O)Oc2ccc(O)cc2)cc1. The van der Waals surface area contributed by atoms with E-state index in [9.17, 15) is 4.79 Å². The molecule has 19 heavy (non-hydrogen) atoms. The Bertz CT molecular complexity index is 568. The standard InChI is InChI=1S/C16H14O3/c1-2-3-12-4-6-13(7-5-12)16(18)19-15-10-8-14(17)9-11-15/h2,4-11,17H,1,3H2. The second kappa shape index (κ2) is 5.87. The monoisotopic (exact) mass is 254 g/mol. The molecule has 0 saturated heterocycles. The zero-order valence-electron chi connectivity index (χ0n) is 10.4. The van der Waals surface area contributed by atoms with Gasteiger partial charge in [0.2, 0.25) is 0 Å². The summed E-state index contributed by atoms with van der Waals surface area (Å²) in [5.74, 6) is 0.113. The Balaban J connectivity index is 2.07. The van der Waals surface area contributed by atoms with E-state index in [1.54, 1.807) is 24.3 Å². The van der Waals surface area contributed by atoms with E-state index >= 15 is 0 Å². The highest BCUT2D eigenvalue weighted by Crippen LogP contribution is 2.17. The molecular weight excluding hydrogens is 240 g/mol. The van der Waals surface area contributed by atoms with Gasteiger partial charge >= 0.3 is 5.97 Å². The highest BCUT2D eigenvalue weighted by Gasteiger charge is 2.08. The molecule has 0 unspecified atom stereocenters. The molecule has 0 aliphatic rings. The number of carbonyl (C=O) groups is 1. The molecule has 0 radical (unpaired) electrons. The van der Waals surface area contributed by atoms with Crippen LogP contribution in [0.5, 0.6) is 11.5 Å². The van der Waals surface area contributed by atoms with Crippen molar-refractivity contribution in [2.24, 2.45) is 0 Å². The van der Waals surface area contributed by atoms with Gasteiger partial charge in [-0.05, 0) is 48.4 Å². The van der Waals surface area contributed by atoms with Crippen LogP contribution >= 0.6 is 0 Å². The molecule has 0 aliphatic carbocycles. The number of carbonyl (C=O) groups excluding carboxylic acids is 1. The summed E-state index contributed by atoms with van der Waals surface area (Å²) < 4.78 is 5.19. The molecule has 0 aromatic heterocycles. The lowest BCUT2D eigenvalue weighted by atomic mass is 10.1. The molecule has 3 nitrogen and oxygen atoms in total. The van der Waals surface area contributed by atoms with Gasteiger partial charge in [0, 0.05) is 0 Å². The topological polar surface area (TPSA) is 46.5 Å². The van der Waals surface area contributed by atoms with Crippen molar-refractivity contribution in [3.05, 3.63) is 72.3 Å². The van der Waals surface area contributed by atoms with Crippen molar-refractivity contribution in [1.29, 1.82) is 0 Å². The van der Waals surface area contributed by atoms with Crippen molar-refractivity contribution in [1.82, 2.24) is 0 Å². The number of phenolic OH excluding ortho intramolecular Hbond substituents is 1. The van der Waals surface area contributed by atoms with Crippen LogP contribution in [0.1, 0.15) is 15.9 Å². The third-order valence-electron chi connectivity index (χ3n) is 2.62. The van der Waals surface area contributed by atoms with Crippen LogP contribution in [0.4, 0.5) is 0 Å². The van der Waals surface area contributed by atoms with E-state index in [1.807, 2.05) is 18.2 Å². The van der Waals surface area contributed by atoms with Gasteiger partial charge in [-0.3, -0.25) is 0 Å². The molecule has 0 spiro atoms. The van der Waals surface area contributed by atoms with Crippen LogP contribution in [-0.4, -0.2) is 11.1 Å². The van der Waals surface area contributed by atoms with Gasteiger partial charge < -0.3 is 9.84 Å². The Kier molecular flexibility index (Phi) is 3.98. The Morgan fingerprint density at radius 1 is 1.11 bits per heavy atom. The van der Waals surface area contributed by atoms with Gasteiger partial charge in [-0.25, -0.2) is 4.79 Å². The second-order valence-electron chi connectivity index (χ2n) is 4.07. The fourth-order valence-corrected chi connectivity index (χ4v) is 1.62. The third-order valence-corrected chi connectivity index (χ3v) is 2.62. The smallest absolute Gasteiger partial charge is 0.343 e. The van der Waals surface area contributed by atoms with Crippen molar-refractivity contribution >= 4 is 5.97 Å². The van der Waals surface area contributed by atoms with Gasteiger partial charge in [-0.2, -0.15) is 0 Å². The molecule has 1 N–H and O–H groups in total. The molecular formula is C16H14O3. The van der Waals surface area contributed by atoms with Gasteiger partial charge in [-0.15, -0.1) is 6.58 Å². The number of hydrogen-bond acceptors (Lipinski definition) is 3. The van der Waals surface area contributed by atoms with Crippen LogP contribution in [-0.2, 0) is 6.42 Å². The summed E-state index contributed by atoms with van der Waals surface area (Å²) >= 11 is 0. The quantitative estimate of drug-likeness (QED) is 0.517.